The van der Waals surface area contributed by atoms with Gasteiger partial charge in [-0.25, -0.2) is 9.48 Å². The fourth-order valence-electron chi connectivity index (χ4n) is 2.75. The highest BCUT2D eigenvalue weighted by Gasteiger charge is 2.09. The van der Waals surface area contributed by atoms with Crippen molar-refractivity contribution in [3.8, 4) is 17.0 Å². The molecule has 0 fully saturated rings. The third-order valence-electron chi connectivity index (χ3n) is 4.12. The first kappa shape index (κ1) is 18.3. The van der Waals surface area contributed by atoms with E-state index in [2.05, 4.69) is 5.10 Å². The van der Waals surface area contributed by atoms with Crippen molar-refractivity contribution in [2.45, 2.75) is 13.2 Å². The lowest BCUT2D eigenvalue weighted by molar-refractivity contribution is 0.0696. The number of hydrogen-bond donors (Lipinski definition) is 2. The zero-order valence-corrected chi connectivity index (χ0v) is 14.6. The molecule has 27 heavy (non-hydrogen) atoms. The van der Waals surface area contributed by atoms with Crippen molar-refractivity contribution >= 4 is 5.97 Å². The van der Waals surface area contributed by atoms with Crippen LogP contribution < -0.4 is 10.3 Å². The van der Waals surface area contributed by atoms with Crippen LogP contribution in [0.1, 0.15) is 21.5 Å². The lowest BCUT2D eigenvalue weighted by Gasteiger charge is -2.10. The van der Waals surface area contributed by atoms with E-state index in [4.69, 9.17) is 9.84 Å². The normalized spacial score (nSPS) is 10.6. The van der Waals surface area contributed by atoms with Crippen LogP contribution in [-0.4, -0.2) is 33.1 Å². The zero-order chi connectivity index (χ0) is 19.4. The van der Waals surface area contributed by atoms with E-state index in [0.717, 1.165) is 5.56 Å². The summed E-state index contributed by atoms with van der Waals surface area (Å²) in [5.74, 6) is -0.458. The summed E-state index contributed by atoms with van der Waals surface area (Å²) in [6.07, 6.45) is 0. The minimum atomic E-state index is -1.03. The minimum Gasteiger partial charge on any atom is -0.496 e. The largest absolute Gasteiger partial charge is 0.496 e. The van der Waals surface area contributed by atoms with Gasteiger partial charge >= 0.3 is 5.97 Å². The van der Waals surface area contributed by atoms with Crippen LogP contribution in [0, 0.1) is 0 Å². The molecule has 0 aliphatic carbocycles. The Labute approximate surface area is 155 Å². The molecule has 0 atom stereocenters. The Morgan fingerprint density at radius 2 is 1.96 bits per heavy atom. The first-order valence-electron chi connectivity index (χ1n) is 8.20. The average molecular weight is 366 g/mol. The summed E-state index contributed by atoms with van der Waals surface area (Å²) >= 11 is 0. The second-order valence-electron chi connectivity index (χ2n) is 5.90. The predicted molar refractivity (Wildman–Crippen MR) is 98.9 cm³/mol. The van der Waals surface area contributed by atoms with E-state index in [1.54, 1.807) is 36.4 Å². The van der Waals surface area contributed by atoms with Crippen LogP contribution >= 0.6 is 0 Å². The second-order valence-corrected chi connectivity index (χ2v) is 5.90. The zero-order valence-electron chi connectivity index (χ0n) is 14.6. The molecule has 3 aromatic rings. The van der Waals surface area contributed by atoms with Gasteiger partial charge in [-0.3, -0.25) is 4.79 Å². The molecule has 0 spiro atoms. The van der Waals surface area contributed by atoms with E-state index in [1.165, 1.54) is 30.0 Å². The van der Waals surface area contributed by atoms with Crippen LogP contribution in [0.5, 0.6) is 5.75 Å². The van der Waals surface area contributed by atoms with Crippen LogP contribution in [-0.2, 0) is 13.2 Å². The minimum absolute atomic E-state index is 0.150. The van der Waals surface area contributed by atoms with Gasteiger partial charge in [0.05, 0.1) is 31.5 Å². The van der Waals surface area contributed by atoms with Gasteiger partial charge in [0, 0.05) is 17.2 Å². The lowest BCUT2D eigenvalue weighted by atomic mass is 10.1. The molecule has 0 aliphatic heterocycles. The molecule has 1 heterocycles. The molecule has 0 aliphatic rings. The number of hydrogen-bond acceptors (Lipinski definition) is 5. The van der Waals surface area contributed by atoms with Crippen LogP contribution in [0.2, 0.25) is 0 Å². The van der Waals surface area contributed by atoms with Gasteiger partial charge < -0.3 is 14.9 Å². The maximum absolute atomic E-state index is 12.2. The highest BCUT2D eigenvalue weighted by Crippen LogP contribution is 2.25. The van der Waals surface area contributed by atoms with Gasteiger partial charge in [-0.05, 0) is 42.0 Å². The summed E-state index contributed by atoms with van der Waals surface area (Å²) in [5.41, 5.74) is 2.42. The molecule has 1 aromatic heterocycles. The average Bonchev–Trinajstić information content (AvgIpc) is 2.69. The Morgan fingerprint density at radius 1 is 1.15 bits per heavy atom. The molecule has 0 saturated heterocycles. The Balaban J connectivity index is 1.97. The highest BCUT2D eigenvalue weighted by molar-refractivity contribution is 5.87. The quantitative estimate of drug-likeness (QED) is 0.693. The molecule has 0 radical (unpaired) electrons. The fraction of sp³-hybridized carbons (Fsp3) is 0.150. The van der Waals surface area contributed by atoms with Crippen molar-refractivity contribution in [1.82, 2.24) is 9.78 Å². The van der Waals surface area contributed by atoms with Gasteiger partial charge in [0.15, 0.2) is 0 Å². The summed E-state index contributed by atoms with van der Waals surface area (Å²) < 4.78 is 6.47. The third kappa shape index (κ3) is 4.04. The summed E-state index contributed by atoms with van der Waals surface area (Å²) in [6.45, 7) is -0.0323. The number of carbonyl (C=O) groups is 1. The summed E-state index contributed by atoms with van der Waals surface area (Å²) in [4.78, 5) is 23.3. The van der Waals surface area contributed by atoms with Crippen molar-refractivity contribution in [1.29, 1.82) is 0 Å². The van der Waals surface area contributed by atoms with Crippen molar-refractivity contribution in [2.24, 2.45) is 0 Å². The molecule has 0 amide bonds. The lowest BCUT2D eigenvalue weighted by Crippen LogP contribution is -2.23. The van der Waals surface area contributed by atoms with Crippen LogP contribution in [0.25, 0.3) is 11.3 Å². The first-order valence-corrected chi connectivity index (χ1v) is 8.20. The number of rotatable bonds is 6. The van der Waals surface area contributed by atoms with Gasteiger partial charge in [0.25, 0.3) is 5.56 Å². The number of aromatic carboxylic acids is 1. The maximum Gasteiger partial charge on any atom is 0.335 e. The van der Waals surface area contributed by atoms with Crippen molar-refractivity contribution < 1.29 is 19.7 Å². The van der Waals surface area contributed by atoms with Gasteiger partial charge in [0.2, 0.25) is 0 Å². The summed E-state index contributed by atoms with van der Waals surface area (Å²) in [7, 11) is 1.53. The molecule has 0 unspecified atom stereocenters. The van der Waals surface area contributed by atoms with Crippen molar-refractivity contribution in [3.05, 3.63) is 81.6 Å². The Morgan fingerprint density at radius 3 is 2.67 bits per heavy atom. The number of aromatic nitrogens is 2. The number of aliphatic hydroxyl groups is 1. The molecule has 0 saturated carbocycles. The summed E-state index contributed by atoms with van der Waals surface area (Å²) in [6, 6.07) is 14.7. The van der Waals surface area contributed by atoms with E-state index < -0.39 is 5.97 Å². The molecular weight excluding hydrogens is 348 g/mol. The number of nitrogens with zero attached hydrogens (tertiary/aromatic N) is 2. The Bertz CT molecular complexity index is 1040. The third-order valence-corrected chi connectivity index (χ3v) is 4.12. The van der Waals surface area contributed by atoms with E-state index in [1.807, 2.05) is 0 Å². The smallest absolute Gasteiger partial charge is 0.335 e. The topological polar surface area (TPSA) is 102 Å². The van der Waals surface area contributed by atoms with E-state index in [9.17, 15) is 14.7 Å². The van der Waals surface area contributed by atoms with E-state index >= 15 is 0 Å². The standard InChI is InChI=1S/C20H18N2O5/c1-27-18-7-5-14(10-16(18)12-23)17-6-8-19(24)22(21-17)11-13-3-2-4-15(9-13)20(25)26/h2-10,23H,11-12H2,1H3,(H,25,26). The van der Waals surface area contributed by atoms with Crippen molar-refractivity contribution in [2.75, 3.05) is 7.11 Å². The van der Waals surface area contributed by atoms with E-state index in [-0.39, 0.29) is 24.3 Å². The van der Waals surface area contributed by atoms with Crippen molar-refractivity contribution in [3.63, 3.8) is 0 Å². The fourth-order valence-corrected chi connectivity index (χ4v) is 2.75. The number of methoxy groups -OCH3 is 1. The SMILES string of the molecule is COc1ccc(-c2ccc(=O)n(Cc3cccc(C(=O)O)c3)n2)cc1CO. The first-order chi connectivity index (χ1) is 13.0. The van der Waals surface area contributed by atoms with Gasteiger partial charge in [-0.1, -0.05) is 12.1 Å². The number of aliphatic hydroxyl groups excluding tert-OH is 1. The predicted octanol–water partition coefficient (Wildman–Crippen LogP) is 2.16. The van der Waals surface area contributed by atoms with Gasteiger partial charge in [-0.15, -0.1) is 0 Å². The van der Waals surface area contributed by atoms with Gasteiger partial charge in [0.1, 0.15) is 5.75 Å². The molecule has 138 valence electrons. The molecule has 2 N–H and O–H groups in total. The molecule has 7 heteroatoms. The highest BCUT2D eigenvalue weighted by atomic mass is 16.5. The monoisotopic (exact) mass is 366 g/mol. The molecule has 3 rings (SSSR count). The Hall–Kier alpha value is -3.45. The second kappa shape index (κ2) is 7.84. The number of carboxylic acids is 1. The van der Waals surface area contributed by atoms with Gasteiger partial charge in [-0.2, -0.15) is 5.10 Å². The summed E-state index contributed by atoms with van der Waals surface area (Å²) in [5, 5.41) is 23.0. The Kier molecular flexibility index (Phi) is 5.33. The maximum atomic E-state index is 12.2. The molecular formula is C20H18N2O5. The number of carboxylic acid groups (broad SMARTS) is 1. The number of ether oxygens (including phenoxy) is 1. The number of benzene rings is 2. The van der Waals surface area contributed by atoms with Crippen LogP contribution in [0.3, 0.4) is 0 Å². The van der Waals surface area contributed by atoms with Crippen LogP contribution in [0.15, 0.2) is 59.4 Å². The van der Waals surface area contributed by atoms with Crippen LogP contribution in [0.4, 0.5) is 0 Å². The van der Waals surface area contributed by atoms with E-state index in [0.29, 0.717) is 22.6 Å². The molecule has 0 bridgehead atoms. The molecule has 2 aromatic carbocycles. The molecule has 7 nitrogen and oxygen atoms in total.